The Morgan fingerprint density at radius 2 is 1.57 bits per heavy atom. The summed E-state index contributed by atoms with van der Waals surface area (Å²) in [5, 5.41) is 32.3. The number of non-ortho nitro benzene ring substituents is 1. The summed E-state index contributed by atoms with van der Waals surface area (Å²) >= 11 is 0. The van der Waals surface area contributed by atoms with Crippen molar-refractivity contribution < 1.29 is 19.4 Å². The lowest BCUT2D eigenvalue weighted by atomic mass is 10.1. The molecule has 5 rings (SSSR count). The van der Waals surface area contributed by atoms with Crippen LogP contribution in [0.4, 0.5) is 17.1 Å². The van der Waals surface area contributed by atoms with Crippen molar-refractivity contribution in [1.82, 2.24) is 9.47 Å². The van der Waals surface area contributed by atoms with Gasteiger partial charge in [0.05, 0.1) is 15.9 Å². The fourth-order valence-corrected chi connectivity index (χ4v) is 5.24. The number of nitro groups is 2. The number of hydrogen-bond donors (Lipinski definition) is 0. The number of nitro benzene ring substituents is 2. The molecule has 0 atom stereocenters. The van der Waals surface area contributed by atoms with E-state index in [1.54, 1.807) is 35.2 Å². The van der Waals surface area contributed by atoms with Gasteiger partial charge in [-0.05, 0) is 74.0 Å². The SMILES string of the molecule is Cc1cc(/C=C(/C#N)C(=O)N2CCN(c3ccccc3)CC2)c(C)n1-c1ccc(Oc2ccc([N+](=O)[O-])cc2[N+](=O)[O-])cc1. The highest BCUT2D eigenvalue weighted by atomic mass is 16.6. The molecular formula is C32H28N6O6. The lowest BCUT2D eigenvalue weighted by molar-refractivity contribution is -0.394. The van der Waals surface area contributed by atoms with E-state index in [-0.39, 0.29) is 17.2 Å². The van der Waals surface area contributed by atoms with Crippen LogP contribution >= 0.6 is 0 Å². The fraction of sp³-hybridized carbons (Fsp3) is 0.188. The van der Waals surface area contributed by atoms with Crippen LogP contribution in [0.2, 0.25) is 0 Å². The van der Waals surface area contributed by atoms with Gasteiger partial charge in [0.2, 0.25) is 5.75 Å². The minimum Gasteiger partial charge on any atom is -0.450 e. The Kier molecular flexibility index (Phi) is 8.39. The normalized spacial score (nSPS) is 13.3. The van der Waals surface area contributed by atoms with E-state index in [4.69, 9.17) is 4.74 Å². The van der Waals surface area contributed by atoms with Crippen molar-refractivity contribution in [1.29, 1.82) is 5.26 Å². The Hall–Kier alpha value is -5.96. The molecule has 44 heavy (non-hydrogen) atoms. The van der Waals surface area contributed by atoms with Crippen molar-refractivity contribution >= 4 is 29.0 Å². The number of aryl methyl sites for hydroxylation is 1. The molecule has 12 heteroatoms. The van der Waals surface area contributed by atoms with E-state index in [9.17, 15) is 30.3 Å². The molecule has 222 valence electrons. The Morgan fingerprint density at radius 1 is 0.886 bits per heavy atom. The molecule has 4 aromatic rings. The zero-order valence-electron chi connectivity index (χ0n) is 24.0. The van der Waals surface area contributed by atoms with Crippen LogP contribution in [0.3, 0.4) is 0 Å². The molecule has 1 amide bonds. The minimum atomic E-state index is -0.733. The van der Waals surface area contributed by atoms with Gasteiger partial charge in [-0.1, -0.05) is 18.2 Å². The topological polar surface area (TPSA) is 148 Å². The van der Waals surface area contributed by atoms with E-state index in [1.165, 1.54) is 6.07 Å². The number of carbonyl (C=O) groups is 1. The van der Waals surface area contributed by atoms with Gasteiger partial charge in [0.25, 0.3) is 11.6 Å². The number of anilines is 1. The predicted octanol–water partition coefficient (Wildman–Crippen LogP) is 5.96. The lowest BCUT2D eigenvalue weighted by Gasteiger charge is -2.36. The van der Waals surface area contributed by atoms with Gasteiger partial charge >= 0.3 is 5.69 Å². The number of ether oxygens (including phenoxy) is 1. The molecular weight excluding hydrogens is 564 g/mol. The third-order valence-electron chi connectivity index (χ3n) is 7.48. The van der Waals surface area contributed by atoms with Crippen molar-refractivity contribution in [3.63, 3.8) is 0 Å². The first-order valence-electron chi connectivity index (χ1n) is 13.8. The molecule has 12 nitrogen and oxygen atoms in total. The smallest absolute Gasteiger partial charge is 0.318 e. The van der Waals surface area contributed by atoms with Crippen LogP contribution in [0.25, 0.3) is 11.8 Å². The van der Waals surface area contributed by atoms with Gasteiger partial charge in [0.1, 0.15) is 17.4 Å². The Bertz CT molecular complexity index is 1800. The average Bonchev–Trinajstić information content (AvgIpc) is 3.32. The molecule has 3 aromatic carbocycles. The summed E-state index contributed by atoms with van der Waals surface area (Å²) in [4.78, 5) is 38.2. The number of hydrogen-bond acceptors (Lipinski definition) is 8. The van der Waals surface area contributed by atoms with E-state index < -0.39 is 21.2 Å². The molecule has 1 aromatic heterocycles. The summed E-state index contributed by atoms with van der Waals surface area (Å²) in [5.74, 6) is -0.117. The molecule has 1 saturated heterocycles. The molecule has 0 bridgehead atoms. The van der Waals surface area contributed by atoms with E-state index in [2.05, 4.69) is 11.0 Å². The quantitative estimate of drug-likeness (QED) is 0.105. The highest BCUT2D eigenvalue weighted by Crippen LogP contribution is 2.35. The van der Waals surface area contributed by atoms with Crippen LogP contribution in [-0.4, -0.2) is 51.4 Å². The molecule has 2 heterocycles. The van der Waals surface area contributed by atoms with Crippen LogP contribution in [-0.2, 0) is 4.79 Å². The van der Waals surface area contributed by atoms with Gasteiger partial charge < -0.3 is 19.1 Å². The number of amides is 1. The summed E-state index contributed by atoms with van der Waals surface area (Å²) in [6.07, 6.45) is 1.62. The van der Waals surface area contributed by atoms with Gasteiger partial charge in [0, 0.05) is 55.0 Å². The van der Waals surface area contributed by atoms with Gasteiger partial charge in [0.15, 0.2) is 0 Å². The molecule has 0 unspecified atom stereocenters. The maximum Gasteiger partial charge on any atom is 0.318 e. The van der Waals surface area contributed by atoms with E-state index in [0.29, 0.717) is 31.9 Å². The van der Waals surface area contributed by atoms with Crippen molar-refractivity contribution in [2.24, 2.45) is 0 Å². The highest BCUT2D eigenvalue weighted by Gasteiger charge is 2.25. The first-order valence-corrected chi connectivity index (χ1v) is 13.8. The maximum atomic E-state index is 13.3. The van der Waals surface area contributed by atoms with Gasteiger partial charge in [-0.2, -0.15) is 5.26 Å². The minimum absolute atomic E-state index is 0.0619. The molecule has 0 spiro atoms. The molecule has 1 fully saturated rings. The molecule has 0 radical (unpaired) electrons. The number of para-hydroxylation sites is 1. The number of benzene rings is 3. The molecule has 1 aliphatic heterocycles. The number of nitrogens with zero attached hydrogens (tertiary/aromatic N) is 6. The maximum absolute atomic E-state index is 13.3. The number of piperazine rings is 1. The zero-order chi connectivity index (χ0) is 31.4. The Balaban J connectivity index is 1.32. The second kappa shape index (κ2) is 12.5. The van der Waals surface area contributed by atoms with E-state index in [0.717, 1.165) is 40.5 Å². The number of carbonyl (C=O) groups excluding carboxylic acids is 1. The van der Waals surface area contributed by atoms with Gasteiger partial charge in [-0.15, -0.1) is 0 Å². The first kappa shape index (κ1) is 29.5. The van der Waals surface area contributed by atoms with Gasteiger partial charge in [-0.3, -0.25) is 25.0 Å². The summed E-state index contributed by atoms with van der Waals surface area (Å²) in [6, 6.07) is 24.0. The fourth-order valence-electron chi connectivity index (χ4n) is 5.24. The number of nitriles is 1. The standard InChI is InChI=1S/C32H28N6O6/c1-22-18-24(19-25(21-33)32(39)35-16-14-34(15-17-35)26-6-4-3-5-7-26)23(2)36(22)27-8-11-29(12-9-27)44-31-13-10-28(37(40)41)20-30(31)38(42)43/h3-13,18-20H,14-17H2,1-2H3/b25-19-. The zero-order valence-corrected chi connectivity index (χ0v) is 24.0. The second-order valence-electron chi connectivity index (χ2n) is 10.2. The molecule has 0 saturated carbocycles. The number of aromatic nitrogens is 1. The van der Waals surface area contributed by atoms with Crippen LogP contribution < -0.4 is 9.64 Å². The summed E-state index contributed by atoms with van der Waals surface area (Å²) in [6.45, 7) is 6.19. The Morgan fingerprint density at radius 3 is 2.18 bits per heavy atom. The monoisotopic (exact) mass is 592 g/mol. The van der Waals surface area contributed by atoms with Crippen LogP contribution in [0, 0.1) is 45.4 Å². The average molecular weight is 593 g/mol. The van der Waals surface area contributed by atoms with Crippen molar-refractivity contribution in [3.8, 4) is 23.3 Å². The van der Waals surface area contributed by atoms with Gasteiger partial charge in [-0.25, -0.2) is 0 Å². The number of rotatable bonds is 8. The Labute approximate surface area is 252 Å². The van der Waals surface area contributed by atoms with Crippen LogP contribution in [0.1, 0.15) is 17.0 Å². The molecule has 1 aliphatic rings. The van der Waals surface area contributed by atoms with Crippen molar-refractivity contribution in [3.05, 3.63) is 122 Å². The third-order valence-corrected chi connectivity index (χ3v) is 7.48. The van der Waals surface area contributed by atoms with Crippen molar-refractivity contribution in [2.75, 3.05) is 31.1 Å². The van der Waals surface area contributed by atoms with Crippen LogP contribution in [0.5, 0.6) is 11.5 Å². The van der Waals surface area contributed by atoms with E-state index in [1.807, 2.05) is 54.8 Å². The largest absolute Gasteiger partial charge is 0.450 e. The third kappa shape index (κ3) is 6.12. The summed E-state index contributed by atoms with van der Waals surface area (Å²) < 4.78 is 7.64. The first-order chi connectivity index (χ1) is 21.2. The summed E-state index contributed by atoms with van der Waals surface area (Å²) in [7, 11) is 0. The second-order valence-corrected chi connectivity index (χ2v) is 10.2. The molecule has 0 aliphatic carbocycles. The van der Waals surface area contributed by atoms with Crippen molar-refractivity contribution in [2.45, 2.75) is 13.8 Å². The van der Waals surface area contributed by atoms with Crippen LogP contribution in [0.15, 0.2) is 84.4 Å². The highest BCUT2D eigenvalue weighted by molar-refractivity contribution is 6.02. The lowest BCUT2D eigenvalue weighted by Crippen LogP contribution is -2.49. The van der Waals surface area contributed by atoms with E-state index >= 15 is 0 Å². The molecule has 0 N–H and O–H groups in total. The summed E-state index contributed by atoms with van der Waals surface area (Å²) in [5.41, 5.74) is 3.44. The predicted molar refractivity (Wildman–Crippen MR) is 164 cm³/mol.